The maximum absolute atomic E-state index is 15.7. The van der Waals surface area contributed by atoms with Crippen molar-refractivity contribution in [2.24, 2.45) is 5.92 Å². The number of anilines is 4. The average molecular weight is 802 g/mol. The normalized spacial score (nSPS) is 20.6. The number of nitrogens with one attached hydrogen (secondary N) is 1. The molecule has 5 aliphatic heterocycles. The molecule has 16 heteroatoms. The Morgan fingerprint density at radius 3 is 2.34 bits per heavy atom. The lowest BCUT2D eigenvalue weighted by Crippen LogP contribution is -2.55. The van der Waals surface area contributed by atoms with Crippen molar-refractivity contribution in [1.82, 2.24) is 25.1 Å². The molecule has 5 aliphatic rings. The summed E-state index contributed by atoms with van der Waals surface area (Å²) < 4.78 is 15.7. The van der Waals surface area contributed by atoms with Crippen molar-refractivity contribution in [2.75, 3.05) is 60.5 Å². The van der Waals surface area contributed by atoms with E-state index in [1.807, 2.05) is 38.1 Å². The number of hydrogen-bond donors (Lipinski definition) is 1. The zero-order valence-corrected chi connectivity index (χ0v) is 32.4. The lowest BCUT2D eigenvalue weighted by atomic mass is 9.85. The van der Waals surface area contributed by atoms with Crippen molar-refractivity contribution in [3.63, 3.8) is 0 Å². The Kier molecular flexibility index (Phi) is 9.01. The maximum atomic E-state index is 15.7. The van der Waals surface area contributed by atoms with Gasteiger partial charge >= 0.3 is 0 Å². The number of halogens is 2. The van der Waals surface area contributed by atoms with Crippen LogP contribution in [0.4, 0.5) is 27.3 Å². The molecular weight excluding hydrogens is 765 g/mol. The van der Waals surface area contributed by atoms with Crippen LogP contribution in [0.3, 0.4) is 0 Å². The van der Waals surface area contributed by atoms with E-state index < -0.39 is 41.0 Å². The molecule has 9 rings (SSSR count). The van der Waals surface area contributed by atoms with Crippen LogP contribution in [0.5, 0.6) is 0 Å². The smallest absolute Gasteiger partial charge is 0.262 e. The van der Waals surface area contributed by atoms with Gasteiger partial charge in [0.05, 0.1) is 39.1 Å². The number of piperazine rings is 1. The fourth-order valence-electron chi connectivity index (χ4n) is 8.69. The van der Waals surface area contributed by atoms with E-state index in [2.05, 4.69) is 30.0 Å². The van der Waals surface area contributed by atoms with Crippen LogP contribution in [0.1, 0.15) is 58.7 Å². The lowest BCUT2D eigenvalue weighted by Gasteiger charge is -2.44. The van der Waals surface area contributed by atoms with Gasteiger partial charge in [-0.05, 0) is 79.9 Å². The summed E-state index contributed by atoms with van der Waals surface area (Å²) in [4.78, 5) is 81.7. The minimum atomic E-state index is -0.999. The summed E-state index contributed by atoms with van der Waals surface area (Å²) in [6, 6.07) is 16.6. The van der Waals surface area contributed by atoms with Gasteiger partial charge in [-0.3, -0.25) is 44.0 Å². The molecule has 0 spiro atoms. The van der Waals surface area contributed by atoms with Crippen LogP contribution in [0.25, 0.3) is 11.1 Å². The Morgan fingerprint density at radius 2 is 1.64 bits per heavy atom. The first kappa shape index (κ1) is 37.3. The summed E-state index contributed by atoms with van der Waals surface area (Å²) in [7, 11) is 0. The van der Waals surface area contributed by atoms with Crippen LogP contribution in [-0.2, 0) is 19.8 Å². The minimum absolute atomic E-state index is 0.0703. The molecule has 294 valence electrons. The van der Waals surface area contributed by atoms with Gasteiger partial charge in [-0.2, -0.15) is 9.65 Å². The molecule has 58 heavy (non-hydrogen) atoms. The number of nitrogens with zero attached hydrogens (tertiary/aromatic N) is 8. The second kappa shape index (κ2) is 14.0. The third-order valence-electron chi connectivity index (χ3n) is 11.9. The zero-order chi connectivity index (χ0) is 40.6. The number of amides is 5. The maximum Gasteiger partial charge on any atom is 0.262 e. The fourth-order valence-corrected chi connectivity index (χ4v) is 8.89. The van der Waals surface area contributed by atoms with Crippen LogP contribution < -0.4 is 20.0 Å². The van der Waals surface area contributed by atoms with Crippen molar-refractivity contribution in [2.45, 2.75) is 38.1 Å². The molecule has 7 heterocycles. The number of benzene rings is 2. The van der Waals surface area contributed by atoms with E-state index in [1.54, 1.807) is 36.4 Å². The van der Waals surface area contributed by atoms with Gasteiger partial charge in [-0.1, -0.05) is 17.7 Å². The molecule has 14 nitrogen and oxygen atoms in total. The standard InChI is InChI=1S/C42H37ClFN9O5/c1-42(2)30-15-24(3-7-33(30)52(41(42)58)26-17-31(43)32(18-45)46-19-26)27-6-9-35(47-37(27)44)51-21-23(22-51)20-49-11-13-50(14-12-49)25-4-5-28-29(16-25)40(57)53(39(28)56)34-8-10-36(54)48-38(34)55/h3-7,9,15-17,19,23,34H,8,10-14,20-22H2,1-2H3,(H,48,54,55). The van der Waals surface area contributed by atoms with E-state index in [9.17, 15) is 29.2 Å². The second-order valence-electron chi connectivity index (χ2n) is 15.9. The number of piperidine rings is 1. The number of carbonyl (C=O) groups is 5. The molecule has 1 unspecified atom stereocenters. The molecule has 0 radical (unpaired) electrons. The average Bonchev–Trinajstić information content (AvgIpc) is 3.55. The quantitative estimate of drug-likeness (QED) is 0.208. The van der Waals surface area contributed by atoms with Gasteiger partial charge in [-0.15, -0.1) is 0 Å². The zero-order valence-electron chi connectivity index (χ0n) is 31.7. The number of imide groups is 2. The van der Waals surface area contributed by atoms with Crippen molar-refractivity contribution < 1.29 is 28.4 Å². The Balaban J connectivity index is 0.801. The Hall–Kier alpha value is -6.24. The summed E-state index contributed by atoms with van der Waals surface area (Å²) in [6.07, 6.45) is 1.63. The highest BCUT2D eigenvalue weighted by Crippen LogP contribution is 2.47. The predicted octanol–water partition coefficient (Wildman–Crippen LogP) is 4.42. The van der Waals surface area contributed by atoms with Gasteiger partial charge in [-0.25, -0.2) is 9.97 Å². The summed E-state index contributed by atoms with van der Waals surface area (Å²) in [5.74, 6) is -1.91. The third kappa shape index (κ3) is 6.14. The fraction of sp³-hybridized carbons (Fsp3) is 0.333. The van der Waals surface area contributed by atoms with Crippen LogP contribution in [0.15, 0.2) is 60.8 Å². The topological polar surface area (TPSA) is 163 Å². The summed E-state index contributed by atoms with van der Waals surface area (Å²) in [5.41, 5.74) is 3.26. The molecule has 1 atom stereocenters. The number of rotatable bonds is 7. The molecular formula is C42H37ClFN9O5. The number of aromatic nitrogens is 2. The van der Waals surface area contributed by atoms with E-state index in [-0.39, 0.29) is 40.6 Å². The number of fused-ring (bicyclic) bond motifs is 2. The monoisotopic (exact) mass is 801 g/mol. The van der Waals surface area contributed by atoms with Crippen LogP contribution in [0.2, 0.25) is 5.02 Å². The highest BCUT2D eigenvalue weighted by atomic mass is 35.5. The summed E-state index contributed by atoms with van der Waals surface area (Å²) in [6.45, 7) is 9.09. The number of carbonyl (C=O) groups excluding carboxylic acids is 5. The Bertz CT molecular complexity index is 2510. The highest BCUT2D eigenvalue weighted by molar-refractivity contribution is 6.32. The molecule has 0 bridgehead atoms. The summed E-state index contributed by atoms with van der Waals surface area (Å²) in [5, 5.41) is 11.6. The molecule has 1 N–H and O–H groups in total. The first-order valence-electron chi connectivity index (χ1n) is 19.1. The minimum Gasteiger partial charge on any atom is -0.369 e. The third-order valence-corrected chi connectivity index (χ3v) is 12.2. The first-order chi connectivity index (χ1) is 27.8. The van der Waals surface area contributed by atoms with Crippen LogP contribution in [-0.4, -0.2) is 101 Å². The van der Waals surface area contributed by atoms with Crippen molar-refractivity contribution in [3.05, 3.63) is 94.1 Å². The molecule has 0 saturated carbocycles. The summed E-state index contributed by atoms with van der Waals surface area (Å²) >= 11 is 6.24. The van der Waals surface area contributed by atoms with E-state index in [4.69, 9.17) is 11.6 Å². The molecule has 2 aromatic carbocycles. The van der Waals surface area contributed by atoms with Crippen molar-refractivity contribution in [1.29, 1.82) is 5.26 Å². The second-order valence-corrected chi connectivity index (χ2v) is 16.3. The van der Waals surface area contributed by atoms with Crippen molar-refractivity contribution in [3.8, 4) is 17.2 Å². The lowest BCUT2D eigenvalue weighted by molar-refractivity contribution is -0.136. The molecule has 3 fully saturated rings. The Labute approximate surface area is 337 Å². The molecule has 2 aromatic heterocycles. The molecule has 4 aromatic rings. The van der Waals surface area contributed by atoms with E-state index in [0.717, 1.165) is 62.0 Å². The van der Waals surface area contributed by atoms with Gasteiger partial charge in [0.25, 0.3) is 11.8 Å². The van der Waals surface area contributed by atoms with E-state index >= 15 is 4.39 Å². The number of pyridine rings is 2. The van der Waals surface area contributed by atoms with Gasteiger partial charge in [0.2, 0.25) is 23.7 Å². The predicted molar refractivity (Wildman–Crippen MR) is 211 cm³/mol. The van der Waals surface area contributed by atoms with E-state index in [1.165, 1.54) is 11.1 Å². The molecule has 5 amide bonds. The van der Waals surface area contributed by atoms with Gasteiger partial charge in [0.1, 0.15) is 17.9 Å². The first-order valence-corrected chi connectivity index (χ1v) is 19.5. The van der Waals surface area contributed by atoms with Crippen LogP contribution in [0, 0.1) is 23.2 Å². The Morgan fingerprint density at radius 1 is 0.897 bits per heavy atom. The van der Waals surface area contributed by atoms with Gasteiger partial charge < -0.3 is 9.80 Å². The molecule has 0 aliphatic carbocycles. The van der Waals surface area contributed by atoms with Gasteiger partial charge in [0.15, 0.2) is 5.69 Å². The molecule has 3 saturated heterocycles. The highest BCUT2D eigenvalue weighted by Gasteiger charge is 2.46. The van der Waals surface area contributed by atoms with E-state index in [0.29, 0.717) is 34.2 Å². The van der Waals surface area contributed by atoms with Crippen LogP contribution >= 0.6 is 11.6 Å². The van der Waals surface area contributed by atoms with Gasteiger partial charge in [0, 0.05) is 69.4 Å². The number of hydrogen-bond acceptors (Lipinski definition) is 11. The SMILES string of the molecule is CC1(C)C(=O)N(c2cnc(C#N)c(Cl)c2)c2ccc(-c3ccc(N4CC(CN5CCN(c6ccc7c(c6)C(=O)N(C6CCC(=O)NC6=O)C7=O)CC5)C4)nc3F)cc21. The largest absolute Gasteiger partial charge is 0.369 e. The van der Waals surface area contributed by atoms with Crippen molar-refractivity contribution >= 4 is 64.0 Å². The number of nitriles is 1.